The average Bonchev–Trinajstić information content (AvgIpc) is 2.42. The first-order valence-corrected chi connectivity index (χ1v) is 7.98. The van der Waals surface area contributed by atoms with Gasteiger partial charge in [-0.2, -0.15) is 0 Å². The molecule has 2 atom stereocenters. The Labute approximate surface area is 134 Å². The summed E-state index contributed by atoms with van der Waals surface area (Å²) in [5, 5.41) is 4.46. The van der Waals surface area contributed by atoms with Crippen LogP contribution in [0.2, 0.25) is 5.02 Å². The van der Waals surface area contributed by atoms with E-state index < -0.39 is 0 Å². The number of halogens is 2. The lowest BCUT2D eigenvalue weighted by molar-refractivity contribution is 0.477. The summed E-state index contributed by atoms with van der Waals surface area (Å²) in [5.74, 6) is 0. The number of rotatable bonds is 5. The molecule has 2 aromatic rings. The van der Waals surface area contributed by atoms with Crippen LogP contribution < -0.4 is 5.32 Å². The van der Waals surface area contributed by atoms with Crippen LogP contribution >= 0.6 is 27.5 Å². The monoisotopic (exact) mass is 351 g/mol. The summed E-state index contributed by atoms with van der Waals surface area (Å²) in [7, 11) is 0. The van der Waals surface area contributed by atoms with Crippen LogP contribution in [0.15, 0.2) is 53.0 Å². The Kier molecular flexibility index (Phi) is 5.64. The highest BCUT2D eigenvalue weighted by Crippen LogP contribution is 2.20. The molecule has 0 fully saturated rings. The molecule has 0 spiro atoms. The van der Waals surface area contributed by atoms with E-state index in [9.17, 15) is 0 Å². The van der Waals surface area contributed by atoms with Gasteiger partial charge >= 0.3 is 0 Å². The molecule has 0 radical (unpaired) electrons. The summed E-state index contributed by atoms with van der Waals surface area (Å²) in [5.41, 5.74) is 2.48. The van der Waals surface area contributed by atoms with Gasteiger partial charge in [-0.25, -0.2) is 0 Å². The lowest BCUT2D eigenvalue weighted by atomic mass is 10.0. The predicted octanol–water partition coefficient (Wildman–Crippen LogP) is 5.38. The maximum Gasteiger partial charge on any atom is 0.0438 e. The van der Waals surface area contributed by atoms with Gasteiger partial charge in [0.05, 0.1) is 0 Å². The van der Waals surface area contributed by atoms with Crippen molar-refractivity contribution in [2.75, 3.05) is 0 Å². The van der Waals surface area contributed by atoms with Gasteiger partial charge in [-0.15, -0.1) is 0 Å². The number of benzene rings is 2. The average molecular weight is 353 g/mol. The van der Waals surface area contributed by atoms with E-state index >= 15 is 0 Å². The highest BCUT2D eigenvalue weighted by atomic mass is 79.9. The van der Waals surface area contributed by atoms with Gasteiger partial charge in [-0.05, 0) is 49.6 Å². The molecule has 2 aromatic carbocycles. The van der Waals surface area contributed by atoms with Crippen molar-refractivity contribution in [2.45, 2.75) is 32.4 Å². The van der Waals surface area contributed by atoms with E-state index in [1.165, 1.54) is 11.1 Å². The van der Waals surface area contributed by atoms with E-state index in [0.717, 1.165) is 15.9 Å². The molecule has 0 aliphatic rings. The molecule has 0 aliphatic heterocycles. The van der Waals surface area contributed by atoms with Gasteiger partial charge in [-0.3, -0.25) is 0 Å². The Morgan fingerprint density at radius 2 is 1.70 bits per heavy atom. The maximum atomic E-state index is 6.21. The van der Waals surface area contributed by atoms with Crippen molar-refractivity contribution in [1.82, 2.24) is 5.32 Å². The van der Waals surface area contributed by atoms with Crippen molar-refractivity contribution in [3.8, 4) is 0 Å². The third-order valence-electron chi connectivity index (χ3n) is 3.39. The number of hydrogen-bond acceptors (Lipinski definition) is 1. The molecule has 2 rings (SSSR count). The van der Waals surface area contributed by atoms with E-state index in [2.05, 4.69) is 65.4 Å². The standard InChI is InChI=1S/C17H19BrClN/c1-12(11-15-5-3-4-6-17(15)19)20-13(2)14-7-9-16(18)10-8-14/h3-10,12-13,20H,11H2,1-2H3. The zero-order valence-electron chi connectivity index (χ0n) is 11.7. The molecule has 0 aliphatic carbocycles. The summed E-state index contributed by atoms with van der Waals surface area (Å²) in [6, 6.07) is 17.2. The summed E-state index contributed by atoms with van der Waals surface area (Å²) in [6.45, 7) is 4.38. The SMILES string of the molecule is CC(Cc1ccccc1Cl)NC(C)c1ccc(Br)cc1. The molecule has 20 heavy (non-hydrogen) atoms. The minimum absolute atomic E-state index is 0.320. The summed E-state index contributed by atoms with van der Waals surface area (Å²) in [4.78, 5) is 0. The van der Waals surface area contributed by atoms with E-state index in [1.807, 2.05) is 18.2 Å². The molecule has 3 heteroatoms. The van der Waals surface area contributed by atoms with Crippen molar-refractivity contribution >= 4 is 27.5 Å². The van der Waals surface area contributed by atoms with Crippen LogP contribution in [-0.2, 0) is 6.42 Å². The fourth-order valence-corrected chi connectivity index (χ4v) is 2.80. The van der Waals surface area contributed by atoms with Gasteiger partial charge in [0, 0.05) is 21.6 Å². The summed E-state index contributed by atoms with van der Waals surface area (Å²) >= 11 is 9.67. The van der Waals surface area contributed by atoms with Crippen molar-refractivity contribution in [2.24, 2.45) is 0 Å². The van der Waals surface area contributed by atoms with Gasteiger partial charge in [0.15, 0.2) is 0 Å². The second-order valence-electron chi connectivity index (χ2n) is 5.14. The fraction of sp³-hybridized carbons (Fsp3) is 0.294. The van der Waals surface area contributed by atoms with Crippen LogP contribution in [0.3, 0.4) is 0 Å². The van der Waals surface area contributed by atoms with Gasteiger partial charge in [-0.1, -0.05) is 57.9 Å². The highest BCUT2D eigenvalue weighted by Gasteiger charge is 2.11. The van der Waals surface area contributed by atoms with E-state index in [1.54, 1.807) is 0 Å². The number of nitrogens with one attached hydrogen (secondary N) is 1. The van der Waals surface area contributed by atoms with Crippen molar-refractivity contribution in [3.05, 3.63) is 69.2 Å². The highest BCUT2D eigenvalue weighted by molar-refractivity contribution is 9.10. The molecule has 2 unspecified atom stereocenters. The van der Waals surface area contributed by atoms with E-state index in [4.69, 9.17) is 11.6 Å². The second-order valence-corrected chi connectivity index (χ2v) is 6.46. The molecule has 0 saturated heterocycles. The quantitative estimate of drug-likeness (QED) is 0.761. The molecule has 0 saturated carbocycles. The van der Waals surface area contributed by atoms with Gasteiger partial charge < -0.3 is 5.32 Å². The number of hydrogen-bond donors (Lipinski definition) is 1. The Bertz CT molecular complexity index is 553. The largest absolute Gasteiger partial charge is 0.307 e. The fourth-order valence-electron chi connectivity index (χ4n) is 2.33. The van der Waals surface area contributed by atoms with Crippen LogP contribution in [0.5, 0.6) is 0 Å². The molecule has 106 valence electrons. The van der Waals surface area contributed by atoms with E-state index in [-0.39, 0.29) is 0 Å². The minimum Gasteiger partial charge on any atom is -0.307 e. The van der Waals surface area contributed by atoms with Crippen molar-refractivity contribution in [3.63, 3.8) is 0 Å². The second kappa shape index (κ2) is 7.26. The summed E-state index contributed by atoms with van der Waals surface area (Å²) in [6.07, 6.45) is 0.931. The molecule has 0 aromatic heterocycles. The summed E-state index contributed by atoms with van der Waals surface area (Å²) < 4.78 is 1.11. The predicted molar refractivity (Wildman–Crippen MR) is 90.3 cm³/mol. The lowest BCUT2D eigenvalue weighted by Gasteiger charge is -2.21. The third-order valence-corrected chi connectivity index (χ3v) is 4.29. The van der Waals surface area contributed by atoms with Crippen molar-refractivity contribution < 1.29 is 0 Å². The maximum absolute atomic E-state index is 6.21. The third kappa shape index (κ3) is 4.34. The van der Waals surface area contributed by atoms with Gasteiger partial charge in [0.1, 0.15) is 0 Å². The van der Waals surface area contributed by atoms with Gasteiger partial charge in [0.25, 0.3) is 0 Å². The smallest absolute Gasteiger partial charge is 0.0438 e. The molecule has 1 N–H and O–H groups in total. The molecular formula is C17H19BrClN. The normalized spacial score (nSPS) is 14.0. The molecule has 0 bridgehead atoms. The lowest BCUT2D eigenvalue weighted by Crippen LogP contribution is -2.30. The zero-order chi connectivity index (χ0) is 14.5. The Balaban J connectivity index is 1.96. The Morgan fingerprint density at radius 3 is 2.35 bits per heavy atom. The van der Waals surface area contributed by atoms with Crippen LogP contribution in [0, 0.1) is 0 Å². The Morgan fingerprint density at radius 1 is 1.05 bits per heavy atom. The van der Waals surface area contributed by atoms with Crippen LogP contribution in [0.1, 0.15) is 31.0 Å². The molecule has 1 nitrogen and oxygen atoms in total. The van der Waals surface area contributed by atoms with Gasteiger partial charge in [0.2, 0.25) is 0 Å². The first-order valence-electron chi connectivity index (χ1n) is 6.81. The first-order chi connectivity index (χ1) is 9.56. The van der Waals surface area contributed by atoms with Crippen molar-refractivity contribution in [1.29, 1.82) is 0 Å². The van der Waals surface area contributed by atoms with Crippen LogP contribution in [0.25, 0.3) is 0 Å². The first kappa shape index (κ1) is 15.6. The topological polar surface area (TPSA) is 12.0 Å². The van der Waals surface area contributed by atoms with E-state index in [0.29, 0.717) is 12.1 Å². The zero-order valence-corrected chi connectivity index (χ0v) is 14.1. The molecule has 0 amide bonds. The molecular weight excluding hydrogens is 334 g/mol. The Hall–Kier alpha value is -0.830. The van der Waals surface area contributed by atoms with Crippen LogP contribution in [0.4, 0.5) is 0 Å². The molecule has 0 heterocycles. The van der Waals surface area contributed by atoms with Crippen LogP contribution in [-0.4, -0.2) is 6.04 Å². The minimum atomic E-state index is 0.320.